The normalized spacial score (nSPS) is 13.5. The van der Waals surface area contributed by atoms with E-state index in [4.69, 9.17) is 0 Å². The number of hydrogen-bond donors (Lipinski definition) is 4. The first-order valence-electron chi connectivity index (χ1n) is 8.02. The van der Waals surface area contributed by atoms with Gasteiger partial charge in [-0.25, -0.2) is 8.42 Å². The lowest BCUT2D eigenvalue weighted by Crippen LogP contribution is -2.04. The van der Waals surface area contributed by atoms with Crippen LogP contribution in [-0.2, 0) is 22.7 Å². The molecular weight excluding hydrogens is 440 g/mol. The van der Waals surface area contributed by atoms with Crippen LogP contribution in [0.3, 0.4) is 0 Å². The molecule has 0 aromatic heterocycles. The number of fused-ring (bicyclic) bond motifs is 6. The molecular formula is C18H10O10S2-2. The van der Waals surface area contributed by atoms with Gasteiger partial charge in [-0.1, -0.05) is 0 Å². The molecule has 2 unspecified atom stereocenters. The van der Waals surface area contributed by atoms with E-state index in [1.807, 2.05) is 0 Å². The van der Waals surface area contributed by atoms with Crippen molar-refractivity contribution in [2.24, 2.45) is 0 Å². The Morgan fingerprint density at radius 1 is 0.533 bits per heavy atom. The summed E-state index contributed by atoms with van der Waals surface area (Å²) in [5, 5.41) is 41.7. The second kappa shape index (κ2) is 7.18. The second-order valence-electron chi connectivity index (χ2n) is 6.19. The molecule has 4 rings (SSSR count). The molecule has 0 saturated heterocycles. The Balaban J connectivity index is 2.25. The van der Waals surface area contributed by atoms with Crippen molar-refractivity contribution in [1.82, 2.24) is 0 Å². The molecule has 2 atom stereocenters. The molecule has 0 aliphatic heterocycles. The molecule has 0 heterocycles. The third-order valence-corrected chi connectivity index (χ3v) is 5.13. The number of benzene rings is 4. The van der Waals surface area contributed by atoms with Gasteiger partial charge in [-0.05, 0) is 68.7 Å². The minimum absolute atomic E-state index is 0.280. The lowest BCUT2D eigenvalue weighted by Gasteiger charge is -2.17. The molecule has 4 N–H and O–H groups in total. The van der Waals surface area contributed by atoms with Crippen LogP contribution >= 0.6 is 0 Å². The van der Waals surface area contributed by atoms with Crippen molar-refractivity contribution in [3.05, 3.63) is 36.4 Å². The van der Waals surface area contributed by atoms with Gasteiger partial charge in [0.25, 0.3) is 0 Å². The van der Waals surface area contributed by atoms with Gasteiger partial charge in [0.05, 0.1) is 0 Å². The van der Waals surface area contributed by atoms with Crippen molar-refractivity contribution in [3.8, 4) is 34.5 Å². The highest BCUT2D eigenvalue weighted by molar-refractivity contribution is 7.74. The average molecular weight is 450 g/mol. The Labute approximate surface area is 172 Å². The molecule has 12 heteroatoms. The van der Waals surface area contributed by atoms with E-state index in [1.54, 1.807) is 0 Å². The molecule has 10 nitrogen and oxygen atoms in total. The molecule has 0 bridgehead atoms. The Morgan fingerprint density at radius 2 is 0.767 bits per heavy atom. The van der Waals surface area contributed by atoms with Crippen molar-refractivity contribution in [3.63, 3.8) is 0 Å². The second-order valence-corrected chi connectivity index (χ2v) is 7.34. The fourth-order valence-electron chi connectivity index (χ4n) is 3.33. The lowest BCUT2D eigenvalue weighted by molar-refractivity contribution is 0.404. The van der Waals surface area contributed by atoms with Crippen LogP contribution in [0.4, 0.5) is 0 Å². The lowest BCUT2D eigenvalue weighted by atomic mass is 9.93. The van der Waals surface area contributed by atoms with Gasteiger partial charge < -0.3 is 37.9 Å². The molecule has 0 aliphatic carbocycles. The van der Waals surface area contributed by atoms with E-state index in [0.29, 0.717) is 21.5 Å². The first-order chi connectivity index (χ1) is 14.2. The van der Waals surface area contributed by atoms with E-state index in [9.17, 15) is 37.9 Å². The zero-order valence-corrected chi connectivity index (χ0v) is 16.2. The zero-order chi connectivity index (χ0) is 21.7. The van der Waals surface area contributed by atoms with Gasteiger partial charge in [0.1, 0.15) is 22.7 Å². The molecule has 0 aliphatic rings. The van der Waals surface area contributed by atoms with Crippen LogP contribution in [0.1, 0.15) is 0 Å². The Morgan fingerprint density at radius 3 is 1.00 bits per heavy atom. The van der Waals surface area contributed by atoms with Crippen molar-refractivity contribution < 1.29 is 46.3 Å². The molecule has 0 amide bonds. The van der Waals surface area contributed by atoms with Gasteiger partial charge >= 0.3 is 0 Å². The zero-order valence-electron chi connectivity index (χ0n) is 14.5. The fraction of sp³-hybridized carbons (Fsp3) is 0. The minimum Gasteiger partial charge on any atom is -0.740 e. The van der Waals surface area contributed by atoms with Crippen LogP contribution in [0.5, 0.6) is 34.5 Å². The molecule has 156 valence electrons. The Kier molecular flexibility index (Phi) is 4.78. The summed E-state index contributed by atoms with van der Waals surface area (Å²) in [6.07, 6.45) is 0. The molecule has 4 aromatic carbocycles. The van der Waals surface area contributed by atoms with Crippen molar-refractivity contribution in [2.45, 2.75) is 0 Å². The van der Waals surface area contributed by atoms with Crippen LogP contribution in [0.15, 0.2) is 36.4 Å². The summed E-state index contributed by atoms with van der Waals surface area (Å²) in [6.45, 7) is 0. The summed E-state index contributed by atoms with van der Waals surface area (Å²) in [6, 6.07) is 7.23. The minimum atomic E-state index is -3.05. The summed E-state index contributed by atoms with van der Waals surface area (Å²) in [5.74, 6) is -2.74. The van der Waals surface area contributed by atoms with Gasteiger partial charge in [-0.2, -0.15) is 0 Å². The SMILES string of the molecule is O=S([O-])Oc1cc2c3cc(O)c(O)cc3c3cc(O)c(O)cc3c2cc1OS(=O)[O-]. The summed E-state index contributed by atoms with van der Waals surface area (Å²) in [5.41, 5.74) is 0. The topological polar surface area (TPSA) is 180 Å². The monoisotopic (exact) mass is 450 g/mol. The average Bonchev–Trinajstić information content (AvgIpc) is 2.65. The van der Waals surface area contributed by atoms with Crippen LogP contribution in [0, 0.1) is 0 Å². The molecule has 4 aromatic rings. The first-order valence-corrected chi connectivity index (χ1v) is 10.0. The molecule has 30 heavy (non-hydrogen) atoms. The maximum absolute atomic E-state index is 11.0. The van der Waals surface area contributed by atoms with Gasteiger partial charge in [-0.3, -0.25) is 0 Å². The summed E-state index contributed by atoms with van der Waals surface area (Å²) in [4.78, 5) is 0. The van der Waals surface area contributed by atoms with E-state index < -0.39 is 57.2 Å². The highest BCUT2D eigenvalue weighted by Gasteiger charge is 2.18. The predicted octanol–water partition coefficient (Wildman–Crippen LogP) is 2.31. The Bertz CT molecular complexity index is 1290. The molecule has 0 radical (unpaired) electrons. The number of phenols is 4. The van der Waals surface area contributed by atoms with Gasteiger partial charge in [0, 0.05) is 0 Å². The number of phenolic OH excluding ortho intramolecular Hbond substituents is 4. The van der Waals surface area contributed by atoms with E-state index in [1.165, 1.54) is 36.4 Å². The van der Waals surface area contributed by atoms with Crippen LogP contribution in [0.2, 0.25) is 0 Å². The number of rotatable bonds is 4. The molecule has 0 saturated carbocycles. The van der Waals surface area contributed by atoms with Crippen LogP contribution < -0.4 is 8.37 Å². The van der Waals surface area contributed by atoms with Gasteiger partial charge in [0.2, 0.25) is 0 Å². The quantitative estimate of drug-likeness (QED) is 0.205. The number of hydrogen-bond acceptors (Lipinski definition) is 10. The highest BCUT2D eigenvalue weighted by Crippen LogP contribution is 2.46. The third kappa shape index (κ3) is 3.31. The van der Waals surface area contributed by atoms with Gasteiger partial charge in [0.15, 0.2) is 34.5 Å². The van der Waals surface area contributed by atoms with Crippen LogP contribution in [0.25, 0.3) is 32.3 Å². The largest absolute Gasteiger partial charge is 0.740 e. The highest BCUT2D eigenvalue weighted by atomic mass is 32.2. The predicted molar refractivity (Wildman–Crippen MR) is 105 cm³/mol. The fourth-order valence-corrected chi connectivity index (χ4v) is 3.88. The van der Waals surface area contributed by atoms with E-state index in [-0.39, 0.29) is 10.8 Å². The number of aromatic hydroxyl groups is 4. The maximum atomic E-state index is 11.0. The molecule has 0 spiro atoms. The van der Waals surface area contributed by atoms with Crippen molar-refractivity contribution >= 4 is 55.0 Å². The van der Waals surface area contributed by atoms with E-state index in [2.05, 4.69) is 8.37 Å². The smallest absolute Gasteiger partial charge is 0.183 e. The van der Waals surface area contributed by atoms with Crippen molar-refractivity contribution in [1.29, 1.82) is 0 Å². The molecule has 0 fully saturated rings. The Hall–Kier alpha value is -3.32. The van der Waals surface area contributed by atoms with E-state index in [0.717, 1.165) is 0 Å². The summed E-state index contributed by atoms with van der Waals surface area (Å²) < 4.78 is 53.4. The first kappa shape index (κ1) is 20.0. The summed E-state index contributed by atoms with van der Waals surface area (Å²) >= 11 is -6.11. The van der Waals surface area contributed by atoms with E-state index >= 15 is 0 Å². The standard InChI is InChI=1S/C18H12O10S2/c19-13-1-7-8-2-14(20)16(22)4-10(8)12-6-18(28-30(25)26)17(27-29(23)24)5-11(12)9(7)3-15(13)21/h1-6,19-22H,(H,23,24)(H,25,26)/p-2. The third-order valence-electron chi connectivity index (χ3n) is 4.50. The van der Waals surface area contributed by atoms with Gasteiger partial charge in [-0.15, -0.1) is 0 Å². The van der Waals surface area contributed by atoms with Crippen molar-refractivity contribution in [2.75, 3.05) is 0 Å². The summed E-state index contributed by atoms with van der Waals surface area (Å²) in [7, 11) is 0. The maximum Gasteiger partial charge on any atom is 0.183 e. The van der Waals surface area contributed by atoms with Crippen LogP contribution in [-0.4, -0.2) is 37.9 Å².